The molecule has 4 nitrogen and oxygen atoms in total. The van der Waals surface area contributed by atoms with Crippen molar-refractivity contribution >= 4 is 5.91 Å². The number of ether oxygens (including phenoxy) is 1. The van der Waals surface area contributed by atoms with Crippen LogP contribution < -0.4 is 5.32 Å². The molecule has 1 fully saturated rings. The SMILES string of the molecule is O=C(NCC1(CCO)CCC1)C1OCCc2ccccc21. The van der Waals surface area contributed by atoms with Gasteiger partial charge in [0.15, 0.2) is 6.10 Å². The first-order valence-electron chi connectivity index (χ1n) is 7.82. The average Bonchev–Trinajstić information content (AvgIpc) is 2.49. The van der Waals surface area contributed by atoms with Crippen LogP contribution in [0.3, 0.4) is 0 Å². The Balaban J connectivity index is 1.64. The fourth-order valence-electron chi connectivity index (χ4n) is 3.41. The number of carbonyl (C=O) groups is 1. The summed E-state index contributed by atoms with van der Waals surface area (Å²) < 4.78 is 5.68. The first-order chi connectivity index (χ1) is 10.2. The van der Waals surface area contributed by atoms with Crippen LogP contribution in [-0.4, -0.2) is 30.8 Å². The second-order valence-electron chi connectivity index (χ2n) is 6.24. The van der Waals surface area contributed by atoms with Crippen LogP contribution in [0, 0.1) is 5.41 Å². The van der Waals surface area contributed by atoms with Gasteiger partial charge >= 0.3 is 0 Å². The van der Waals surface area contributed by atoms with Gasteiger partial charge in [-0.05, 0) is 42.2 Å². The van der Waals surface area contributed by atoms with E-state index in [0.29, 0.717) is 13.2 Å². The summed E-state index contributed by atoms with van der Waals surface area (Å²) in [6, 6.07) is 8.00. The molecule has 0 radical (unpaired) electrons. The van der Waals surface area contributed by atoms with Crippen molar-refractivity contribution in [1.29, 1.82) is 0 Å². The number of hydrogen-bond acceptors (Lipinski definition) is 3. The number of amides is 1. The first-order valence-corrected chi connectivity index (χ1v) is 7.82. The standard InChI is InChI=1S/C17H23NO3/c19-10-9-17(7-3-8-17)12-18-16(20)15-14-5-2-1-4-13(14)6-11-21-15/h1-2,4-5,15,19H,3,6-12H2,(H,18,20). The summed E-state index contributed by atoms with van der Waals surface area (Å²) >= 11 is 0. The summed E-state index contributed by atoms with van der Waals surface area (Å²) in [5.74, 6) is -0.0497. The monoisotopic (exact) mass is 289 g/mol. The number of rotatable bonds is 5. The van der Waals surface area contributed by atoms with E-state index in [4.69, 9.17) is 4.74 Å². The van der Waals surface area contributed by atoms with E-state index in [1.165, 1.54) is 12.0 Å². The lowest BCUT2D eigenvalue weighted by Gasteiger charge is -2.42. The van der Waals surface area contributed by atoms with E-state index in [2.05, 4.69) is 11.4 Å². The molecule has 21 heavy (non-hydrogen) atoms. The van der Waals surface area contributed by atoms with Crippen LogP contribution in [0.2, 0.25) is 0 Å². The molecule has 0 aromatic heterocycles. The topological polar surface area (TPSA) is 58.6 Å². The molecule has 1 amide bonds. The van der Waals surface area contributed by atoms with Crippen LogP contribution in [0.1, 0.15) is 42.9 Å². The molecular weight excluding hydrogens is 266 g/mol. The van der Waals surface area contributed by atoms with Crippen molar-refractivity contribution in [2.75, 3.05) is 19.8 Å². The summed E-state index contributed by atoms with van der Waals surface area (Å²) in [6.45, 7) is 1.43. The lowest BCUT2D eigenvalue weighted by Crippen LogP contribution is -2.44. The molecule has 3 rings (SSSR count). The lowest BCUT2D eigenvalue weighted by molar-refractivity contribution is -0.135. The lowest BCUT2D eigenvalue weighted by atomic mass is 9.67. The molecule has 1 heterocycles. The highest BCUT2D eigenvalue weighted by Crippen LogP contribution is 2.43. The zero-order chi connectivity index (χ0) is 14.7. The Hall–Kier alpha value is -1.39. The van der Waals surface area contributed by atoms with Crippen molar-refractivity contribution in [3.8, 4) is 0 Å². The quantitative estimate of drug-likeness (QED) is 0.871. The van der Waals surface area contributed by atoms with Gasteiger partial charge < -0.3 is 15.2 Å². The van der Waals surface area contributed by atoms with Gasteiger partial charge in [-0.25, -0.2) is 0 Å². The van der Waals surface area contributed by atoms with Gasteiger partial charge in [-0.15, -0.1) is 0 Å². The molecule has 0 spiro atoms. The Morgan fingerprint density at radius 3 is 2.90 bits per heavy atom. The van der Waals surface area contributed by atoms with Crippen LogP contribution in [-0.2, 0) is 16.0 Å². The van der Waals surface area contributed by atoms with Gasteiger partial charge in [-0.3, -0.25) is 4.79 Å². The van der Waals surface area contributed by atoms with Gasteiger partial charge in [0.05, 0.1) is 6.61 Å². The highest BCUT2D eigenvalue weighted by molar-refractivity contribution is 5.82. The van der Waals surface area contributed by atoms with Crippen molar-refractivity contribution in [3.63, 3.8) is 0 Å². The zero-order valence-electron chi connectivity index (χ0n) is 12.3. The molecule has 1 atom stereocenters. The molecular formula is C17H23NO3. The van der Waals surface area contributed by atoms with Crippen molar-refractivity contribution in [2.24, 2.45) is 5.41 Å². The van der Waals surface area contributed by atoms with Gasteiger partial charge in [0, 0.05) is 13.2 Å². The predicted octanol–water partition coefficient (Wildman–Crippen LogP) is 1.97. The van der Waals surface area contributed by atoms with Crippen molar-refractivity contribution < 1.29 is 14.6 Å². The van der Waals surface area contributed by atoms with Gasteiger partial charge in [-0.2, -0.15) is 0 Å². The highest BCUT2D eigenvalue weighted by Gasteiger charge is 2.37. The number of benzene rings is 1. The normalized spacial score (nSPS) is 23.0. The summed E-state index contributed by atoms with van der Waals surface area (Å²) in [7, 11) is 0. The maximum atomic E-state index is 12.5. The maximum absolute atomic E-state index is 12.5. The summed E-state index contributed by atoms with van der Waals surface area (Å²) in [4.78, 5) is 12.5. The second-order valence-corrected chi connectivity index (χ2v) is 6.24. The molecule has 1 saturated carbocycles. The molecule has 1 aromatic carbocycles. The predicted molar refractivity (Wildman–Crippen MR) is 79.8 cm³/mol. The smallest absolute Gasteiger partial charge is 0.253 e. The molecule has 0 bridgehead atoms. The third-order valence-corrected chi connectivity index (χ3v) is 4.93. The van der Waals surface area contributed by atoms with Crippen molar-refractivity contribution in [1.82, 2.24) is 5.32 Å². The van der Waals surface area contributed by atoms with Crippen LogP contribution in [0.4, 0.5) is 0 Å². The van der Waals surface area contributed by atoms with Crippen LogP contribution in [0.25, 0.3) is 0 Å². The Morgan fingerprint density at radius 2 is 2.19 bits per heavy atom. The highest BCUT2D eigenvalue weighted by atomic mass is 16.5. The number of aliphatic hydroxyl groups excluding tert-OH is 1. The molecule has 1 unspecified atom stereocenters. The van der Waals surface area contributed by atoms with E-state index in [1.807, 2.05) is 18.2 Å². The molecule has 4 heteroatoms. The van der Waals surface area contributed by atoms with E-state index in [9.17, 15) is 9.90 Å². The van der Waals surface area contributed by atoms with Crippen LogP contribution >= 0.6 is 0 Å². The number of fused-ring (bicyclic) bond motifs is 1. The fraction of sp³-hybridized carbons (Fsp3) is 0.588. The first kappa shape index (κ1) is 14.5. The molecule has 2 N–H and O–H groups in total. The molecule has 2 aliphatic rings. The molecule has 114 valence electrons. The Bertz CT molecular complexity index is 511. The van der Waals surface area contributed by atoms with Crippen LogP contribution in [0.15, 0.2) is 24.3 Å². The minimum atomic E-state index is -0.485. The van der Waals surface area contributed by atoms with Gasteiger partial charge in [0.1, 0.15) is 0 Å². The van der Waals surface area contributed by atoms with E-state index >= 15 is 0 Å². The molecule has 1 aliphatic heterocycles. The molecule has 1 aliphatic carbocycles. The Kier molecular flexibility index (Phi) is 4.27. The summed E-state index contributed by atoms with van der Waals surface area (Å²) in [5, 5.41) is 12.2. The summed E-state index contributed by atoms with van der Waals surface area (Å²) in [6.07, 6.45) is 4.54. The van der Waals surface area contributed by atoms with E-state index in [0.717, 1.165) is 31.2 Å². The third kappa shape index (κ3) is 2.97. The fourth-order valence-corrected chi connectivity index (χ4v) is 3.41. The number of aliphatic hydroxyl groups is 1. The van der Waals surface area contributed by atoms with Gasteiger partial charge in [0.2, 0.25) is 0 Å². The minimum absolute atomic E-state index is 0.0497. The average molecular weight is 289 g/mol. The van der Waals surface area contributed by atoms with Gasteiger partial charge in [0.25, 0.3) is 5.91 Å². The van der Waals surface area contributed by atoms with E-state index in [1.54, 1.807) is 0 Å². The van der Waals surface area contributed by atoms with Crippen molar-refractivity contribution in [3.05, 3.63) is 35.4 Å². The minimum Gasteiger partial charge on any atom is -0.396 e. The zero-order valence-corrected chi connectivity index (χ0v) is 12.3. The third-order valence-electron chi connectivity index (χ3n) is 4.93. The molecule has 1 aromatic rings. The maximum Gasteiger partial charge on any atom is 0.253 e. The number of nitrogens with one attached hydrogen (secondary N) is 1. The molecule has 0 saturated heterocycles. The summed E-state index contributed by atoms with van der Waals surface area (Å²) in [5.41, 5.74) is 2.31. The Morgan fingerprint density at radius 1 is 1.38 bits per heavy atom. The van der Waals surface area contributed by atoms with Crippen LogP contribution in [0.5, 0.6) is 0 Å². The van der Waals surface area contributed by atoms with E-state index in [-0.39, 0.29) is 17.9 Å². The number of carbonyl (C=O) groups excluding carboxylic acids is 1. The number of hydrogen-bond donors (Lipinski definition) is 2. The Labute approximate surface area is 125 Å². The van der Waals surface area contributed by atoms with E-state index < -0.39 is 6.10 Å². The van der Waals surface area contributed by atoms with Crippen molar-refractivity contribution in [2.45, 2.75) is 38.2 Å². The largest absolute Gasteiger partial charge is 0.396 e. The van der Waals surface area contributed by atoms with Gasteiger partial charge in [-0.1, -0.05) is 30.7 Å². The second kappa shape index (κ2) is 6.16.